The van der Waals surface area contributed by atoms with E-state index in [1.54, 1.807) is 11.1 Å². The third-order valence-electron chi connectivity index (χ3n) is 3.60. The van der Waals surface area contributed by atoms with E-state index in [4.69, 9.17) is 0 Å². The number of nitrogens with zero attached hydrogens (tertiary/aromatic N) is 4. The van der Waals surface area contributed by atoms with Gasteiger partial charge >= 0.3 is 0 Å². The second kappa shape index (κ2) is 5.34. The second-order valence-corrected chi connectivity index (χ2v) is 5.91. The highest BCUT2D eigenvalue weighted by Gasteiger charge is 2.20. The summed E-state index contributed by atoms with van der Waals surface area (Å²) in [5.74, 6) is -0.0383. The van der Waals surface area contributed by atoms with Crippen LogP contribution in [0.25, 0.3) is 10.1 Å². The van der Waals surface area contributed by atoms with E-state index in [-0.39, 0.29) is 18.0 Å². The fourth-order valence-corrected chi connectivity index (χ4v) is 3.11. The quantitative estimate of drug-likeness (QED) is 0.795. The summed E-state index contributed by atoms with van der Waals surface area (Å²) in [7, 11) is 2.04. The fourth-order valence-electron chi connectivity index (χ4n) is 2.29. The number of carbonyl (C=O) groups excluding carboxylic acids is 1. The van der Waals surface area contributed by atoms with Gasteiger partial charge in [-0.25, -0.2) is 4.68 Å². The largest absolute Gasteiger partial charge is 0.339 e. The standard InChI is InChI=1S/C13H16N4O2S/c1-15-3-5-16(6-4-15)11(18)9-17-13(19)12-10(8-14-17)2-7-20-12/h2,7-8H,3-6,9H2,1H3. The Bertz CT molecular complexity index is 685. The summed E-state index contributed by atoms with van der Waals surface area (Å²) in [6, 6.07) is 1.86. The first-order valence-corrected chi connectivity index (χ1v) is 7.43. The van der Waals surface area contributed by atoms with Crippen LogP contribution in [0, 0.1) is 0 Å². The molecule has 20 heavy (non-hydrogen) atoms. The minimum Gasteiger partial charge on any atom is -0.339 e. The van der Waals surface area contributed by atoms with Crippen LogP contribution in [0.4, 0.5) is 0 Å². The number of hydrogen-bond donors (Lipinski definition) is 0. The zero-order chi connectivity index (χ0) is 14.1. The number of fused-ring (bicyclic) bond motifs is 1. The monoisotopic (exact) mass is 292 g/mol. The molecule has 6 nitrogen and oxygen atoms in total. The van der Waals surface area contributed by atoms with Gasteiger partial charge in [0.15, 0.2) is 0 Å². The summed E-state index contributed by atoms with van der Waals surface area (Å²) in [5.41, 5.74) is -0.181. The second-order valence-electron chi connectivity index (χ2n) is 5.00. The number of likely N-dealkylation sites (N-methyl/N-ethyl adjacent to an activating group) is 1. The molecule has 1 aliphatic rings. The molecule has 1 saturated heterocycles. The molecule has 1 fully saturated rings. The van der Waals surface area contributed by atoms with Crippen molar-refractivity contribution < 1.29 is 4.79 Å². The molecule has 3 rings (SSSR count). The lowest BCUT2D eigenvalue weighted by Crippen LogP contribution is -2.48. The van der Waals surface area contributed by atoms with Crippen molar-refractivity contribution in [2.24, 2.45) is 0 Å². The summed E-state index contributed by atoms with van der Waals surface area (Å²) in [6.07, 6.45) is 1.64. The predicted octanol–water partition coefficient (Wildman–Crippen LogP) is 0.232. The van der Waals surface area contributed by atoms with Crippen molar-refractivity contribution in [1.82, 2.24) is 19.6 Å². The molecule has 0 saturated carbocycles. The van der Waals surface area contributed by atoms with Gasteiger partial charge < -0.3 is 9.80 Å². The van der Waals surface area contributed by atoms with Crippen LogP contribution in [0.15, 0.2) is 22.4 Å². The molecule has 106 valence electrons. The van der Waals surface area contributed by atoms with Crippen LogP contribution in [0.1, 0.15) is 0 Å². The number of aromatic nitrogens is 2. The van der Waals surface area contributed by atoms with Crippen molar-refractivity contribution in [3.63, 3.8) is 0 Å². The average molecular weight is 292 g/mol. The lowest BCUT2D eigenvalue weighted by atomic mass is 10.3. The molecule has 0 N–H and O–H groups in total. The number of piperazine rings is 1. The molecule has 1 aliphatic heterocycles. The molecule has 0 atom stereocenters. The molecule has 0 bridgehead atoms. The van der Waals surface area contributed by atoms with E-state index in [0.717, 1.165) is 18.5 Å². The Kier molecular flexibility index (Phi) is 3.54. The van der Waals surface area contributed by atoms with Crippen LogP contribution in [0.3, 0.4) is 0 Å². The minimum atomic E-state index is -0.181. The third-order valence-corrected chi connectivity index (χ3v) is 4.52. The van der Waals surface area contributed by atoms with Gasteiger partial charge in [-0.05, 0) is 18.5 Å². The SMILES string of the molecule is CN1CCN(C(=O)Cn2ncc3ccsc3c2=O)CC1. The van der Waals surface area contributed by atoms with E-state index in [1.807, 2.05) is 18.5 Å². The van der Waals surface area contributed by atoms with Gasteiger partial charge in [0.25, 0.3) is 5.56 Å². The van der Waals surface area contributed by atoms with Crippen LogP contribution in [-0.2, 0) is 11.3 Å². The highest BCUT2D eigenvalue weighted by atomic mass is 32.1. The molecule has 0 spiro atoms. The smallest absolute Gasteiger partial charge is 0.285 e. The Hall–Kier alpha value is -1.73. The van der Waals surface area contributed by atoms with Gasteiger partial charge in [0.2, 0.25) is 5.91 Å². The molecule has 0 unspecified atom stereocenters. The maximum absolute atomic E-state index is 12.2. The summed E-state index contributed by atoms with van der Waals surface area (Å²) in [5, 5.41) is 6.78. The van der Waals surface area contributed by atoms with Gasteiger partial charge in [0.05, 0.1) is 6.20 Å². The average Bonchev–Trinajstić information content (AvgIpc) is 2.92. The zero-order valence-corrected chi connectivity index (χ0v) is 12.1. The normalized spacial score (nSPS) is 16.8. The lowest BCUT2D eigenvalue weighted by molar-refractivity contribution is -0.133. The van der Waals surface area contributed by atoms with Crippen molar-refractivity contribution in [1.29, 1.82) is 0 Å². The first-order valence-electron chi connectivity index (χ1n) is 6.55. The topological polar surface area (TPSA) is 58.4 Å². The molecule has 1 amide bonds. The highest BCUT2D eigenvalue weighted by molar-refractivity contribution is 7.17. The van der Waals surface area contributed by atoms with Gasteiger partial charge in [0.1, 0.15) is 11.2 Å². The summed E-state index contributed by atoms with van der Waals surface area (Å²) in [6.45, 7) is 3.20. The van der Waals surface area contributed by atoms with Crippen molar-refractivity contribution >= 4 is 27.3 Å². The Balaban J connectivity index is 1.77. The van der Waals surface area contributed by atoms with E-state index < -0.39 is 0 Å². The lowest BCUT2D eigenvalue weighted by Gasteiger charge is -2.32. The predicted molar refractivity (Wildman–Crippen MR) is 78.0 cm³/mol. The van der Waals surface area contributed by atoms with Crippen LogP contribution in [-0.4, -0.2) is 58.7 Å². The molecule has 0 radical (unpaired) electrons. The Labute approximate surface area is 120 Å². The van der Waals surface area contributed by atoms with Gasteiger partial charge in [-0.2, -0.15) is 5.10 Å². The van der Waals surface area contributed by atoms with E-state index in [9.17, 15) is 9.59 Å². The minimum absolute atomic E-state index is 0.0242. The number of amides is 1. The summed E-state index contributed by atoms with van der Waals surface area (Å²) >= 11 is 1.39. The first-order chi connectivity index (χ1) is 9.65. The third kappa shape index (κ3) is 2.46. The van der Waals surface area contributed by atoms with Crippen molar-refractivity contribution in [2.75, 3.05) is 33.2 Å². The molecular formula is C13H16N4O2S. The summed E-state index contributed by atoms with van der Waals surface area (Å²) in [4.78, 5) is 28.4. The van der Waals surface area contributed by atoms with Gasteiger partial charge in [-0.15, -0.1) is 11.3 Å². The molecule has 0 aromatic carbocycles. The van der Waals surface area contributed by atoms with Gasteiger partial charge in [0, 0.05) is 31.6 Å². The van der Waals surface area contributed by atoms with Crippen LogP contribution in [0.2, 0.25) is 0 Å². The maximum atomic E-state index is 12.2. The van der Waals surface area contributed by atoms with Crippen molar-refractivity contribution in [3.05, 3.63) is 28.0 Å². The van der Waals surface area contributed by atoms with Gasteiger partial charge in [-0.3, -0.25) is 9.59 Å². The number of thiophene rings is 1. The molecule has 7 heteroatoms. The van der Waals surface area contributed by atoms with E-state index in [2.05, 4.69) is 10.00 Å². The fraction of sp³-hybridized carbons (Fsp3) is 0.462. The number of hydrogen-bond acceptors (Lipinski definition) is 5. The molecular weight excluding hydrogens is 276 g/mol. The van der Waals surface area contributed by atoms with Crippen LogP contribution < -0.4 is 5.56 Å². The highest BCUT2D eigenvalue weighted by Crippen LogP contribution is 2.14. The molecule has 2 aromatic heterocycles. The Morgan fingerprint density at radius 2 is 2.10 bits per heavy atom. The first kappa shape index (κ1) is 13.3. The number of carbonyl (C=O) groups is 1. The maximum Gasteiger partial charge on any atom is 0.285 e. The van der Waals surface area contributed by atoms with Crippen LogP contribution >= 0.6 is 11.3 Å². The zero-order valence-electron chi connectivity index (χ0n) is 11.3. The summed E-state index contributed by atoms with van der Waals surface area (Å²) < 4.78 is 1.92. The van der Waals surface area contributed by atoms with Crippen LogP contribution in [0.5, 0.6) is 0 Å². The van der Waals surface area contributed by atoms with E-state index in [0.29, 0.717) is 17.8 Å². The van der Waals surface area contributed by atoms with Crippen molar-refractivity contribution in [2.45, 2.75) is 6.54 Å². The number of rotatable bonds is 2. The van der Waals surface area contributed by atoms with Gasteiger partial charge in [-0.1, -0.05) is 0 Å². The van der Waals surface area contributed by atoms with E-state index in [1.165, 1.54) is 16.0 Å². The Morgan fingerprint density at radius 1 is 1.35 bits per heavy atom. The molecule has 2 aromatic rings. The Morgan fingerprint density at radius 3 is 2.85 bits per heavy atom. The molecule has 3 heterocycles. The van der Waals surface area contributed by atoms with E-state index >= 15 is 0 Å². The molecule has 0 aliphatic carbocycles. The van der Waals surface area contributed by atoms with Crippen molar-refractivity contribution in [3.8, 4) is 0 Å².